The summed E-state index contributed by atoms with van der Waals surface area (Å²) in [6.45, 7) is 0.437. The first-order chi connectivity index (χ1) is 7.09. The molecule has 0 saturated carbocycles. The van der Waals surface area contributed by atoms with Crippen LogP contribution in [0.3, 0.4) is 0 Å². The Hall–Kier alpha value is -1.84. The Labute approximate surface area is 88.1 Å². The molecule has 0 aliphatic carbocycles. The fraction of sp³-hybridized carbons (Fsp3) is 0.273. The van der Waals surface area contributed by atoms with E-state index < -0.39 is 12.4 Å². The summed E-state index contributed by atoms with van der Waals surface area (Å²) in [5.41, 5.74) is 0.985. The fourth-order valence-corrected chi connectivity index (χ4v) is 1.21. The first-order valence-corrected chi connectivity index (χ1v) is 4.59. The van der Waals surface area contributed by atoms with Crippen LogP contribution in [0.15, 0.2) is 30.3 Å². The van der Waals surface area contributed by atoms with Crippen LogP contribution in [0.4, 0.5) is 0 Å². The van der Waals surface area contributed by atoms with Gasteiger partial charge in [0.05, 0.1) is 0 Å². The maximum Gasteiger partial charge on any atom is 0.312 e. The Balaban J connectivity index is 2.52. The Bertz CT molecular complexity index is 348. The molecular formula is C11H13NO3. The van der Waals surface area contributed by atoms with Gasteiger partial charge in [-0.3, -0.25) is 9.59 Å². The maximum absolute atomic E-state index is 11.3. The molecule has 0 unspecified atom stereocenters. The van der Waals surface area contributed by atoms with E-state index in [2.05, 4.69) is 0 Å². The highest BCUT2D eigenvalue weighted by atomic mass is 16.4. The van der Waals surface area contributed by atoms with Crippen molar-refractivity contribution in [3.63, 3.8) is 0 Å². The summed E-state index contributed by atoms with van der Waals surface area (Å²) in [7, 11) is 1.60. The van der Waals surface area contributed by atoms with Gasteiger partial charge in [0.2, 0.25) is 5.91 Å². The molecule has 1 aromatic rings. The van der Waals surface area contributed by atoms with E-state index in [1.165, 1.54) is 4.90 Å². The third-order valence-electron chi connectivity index (χ3n) is 1.99. The van der Waals surface area contributed by atoms with Gasteiger partial charge in [-0.05, 0) is 5.56 Å². The van der Waals surface area contributed by atoms with Crippen molar-refractivity contribution in [2.45, 2.75) is 13.0 Å². The third kappa shape index (κ3) is 3.81. The minimum atomic E-state index is -1.10. The molecule has 0 bridgehead atoms. The van der Waals surface area contributed by atoms with Gasteiger partial charge in [0.1, 0.15) is 6.42 Å². The van der Waals surface area contributed by atoms with Crippen molar-refractivity contribution in [2.24, 2.45) is 0 Å². The second-order valence-corrected chi connectivity index (χ2v) is 3.31. The molecule has 1 rings (SSSR count). The molecule has 4 heteroatoms. The highest BCUT2D eigenvalue weighted by molar-refractivity contribution is 5.93. The van der Waals surface area contributed by atoms with Crippen molar-refractivity contribution in [2.75, 3.05) is 7.05 Å². The van der Waals surface area contributed by atoms with Crippen LogP contribution in [0.2, 0.25) is 0 Å². The van der Waals surface area contributed by atoms with Crippen LogP contribution in [-0.2, 0) is 16.1 Å². The van der Waals surface area contributed by atoms with Gasteiger partial charge in [0.15, 0.2) is 0 Å². The second-order valence-electron chi connectivity index (χ2n) is 3.31. The molecule has 0 atom stereocenters. The summed E-state index contributed by atoms with van der Waals surface area (Å²) in [6, 6.07) is 9.44. The lowest BCUT2D eigenvalue weighted by Gasteiger charge is -2.15. The number of hydrogen-bond donors (Lipinski definition) is 1. The second kappa shape index (κ2) is 5.14. The molecule has 0 aromatic heterocycles. The number of nitrogens with zero attached hydrogens (tertiary/aromatic N) is 1. The summed E-state index contributed by atoms with van der Waals surface area (Å²) in [4.78, 5) is 23.0. The van der Waals surface area contributed by atoms with Gasteiger partial charge in [-0.25, -0.2) is 0 Å². The van der Waals surface area contributed by atoms with Crippen molar-refractivity contribution in [3.05, 3.63) is 35.9 Å². The summed E-state index contributed by atoms with van der Waals surface area (Å²) in [5, 5.41) is 8.45. The van der Waals surface area contributed by atoms with Gasteiger partial charge in [0, 0.05) is 13.6 Å². The van der Waals surface area contributed by atoms with E-state index >= 15 is 0 Å². The molecule has 80 valence electrons. The van der Waals surface area contributed by atoms with E-state index in [-0.39, 0.29) is 5.91 Å². The topological polar surface area (TPSA) is 57.6 Å². The first-order valence-electron chi connectivity index (χ1n) is 4.59. The zero-order valence-corrected chi connectivity index (χ0v) is 8.51. The highest BCUT2D eigenvalue weighted by Crippen LogP contribution is 2.03. The largest absolute Gasteiger partial charge is 0.481 e. The molecule has 1 N–H and O–H groups in total. The van der Waals surface area contributed by atoms with Gasteiger partial charge in [-0.1, -0.05) is 30.3 Å². The average Bonchev–Trinajstić information content (AvgIpc) is 2.18. The van der Waals surface area contributed by atoms with Crippen LogP contribution in [-0.4, -0.2) is 28.9 Å². The Morgan fingerprint density at radius 1 is 1.27 bits per heavy atom. The van der Waals surface area contributed by atoms with Crippen molar-refractivity contribution in [3.8, 4) is 0 Å². The van der Waals surface area contributed by atoms with Gasteiger partial charge in [-0.2, -0.15) is 0 Å². The van der Waals surface area contributed by atoms with Crippen LogP contribution in [0.1, 0.15) is 12.0 Å². The number of carboxylic acid groups (broad SMARTS) is 1. The fourth-order valence-electron chi connectivity index (χ4n) is 1.21. The zero-order chi connectivity index (χ0) is 11.3. The van der Waals surface area contributed by atoms with E-state index in [1.807, 2.05) is 30.3 Å². The van der Waals surface area contributed by atoms with E-state index in [0.717, 1.165) is 5.56 Å². The molecule has 0 spiro atoms. The average molecular weight is 207 g/mol. The predicted octanol–water partition coefficient (Wildman–Crippen LogP) is 1.12. The molecular weight excluding hydrogens is 194 g/mol. The molecule has 0 aliphatic rings. The van der Waals surface area contributed by atoms with E-state index in [4.69, 9.17) is 5.11 Å². The summed E-state index contributed by atoms with van der Waals surface area (Å²) >= 11 is 0. The SMILES string of the molecule is CN(Cc1ccccc1)C(=O)CC(=O)O. The minimum Gasteiger partial charge on any atom is -0.481 e. The summed E-state index contributed by atoms with van der Waals surface area (Å²) < 4.78 is 0. The van der Waals surface area contributed by atoms with Crippen molar-refractivity contribution in [1.29, 1.82) is 0 Å². The monoisotopic (exact) mass is 207 g/mol. The Kier molecular flexibility index (Phi) is 3.85. The van der Waals surface area contributed by atoms with Crippen LogP contribution < -0.4 is 0 Å². The molecule has 0 aliphatic heterocycles. The van der Waals surface area contributed by atoms with Crippen LogP contribution >= 0.6 is 0 Å². The molecule has 1 amide bonds. The Morgan fingerprint density at radius 2 is 1.87 bits per heavy atom. The number of hydrogen-bond acceptors (Lipinski definition) is 2. The number of rotatable bonds is 4. The van der Waals surface area contributed by atoms with Crippen molar-refractivity contribution < 1.29 is 14.7 Å². The maximum atomic E-state index is 11.3. The van der Waals surface area contributed by atoms with Gasteiger partial charge >= 0.3 is 5.97 Å². The minimum absolute atomic E-state index is 0.383. The first kappa shape index (κ1) is 11.2. The van der Waals surface area contributed by atoms with Gasteiger partial charge < -0.3 is 10.0 Å². The predicted molar refractivity (Wildman–Crippen MR) is 55.2 cm³/mol. The zero-order valence-electron chi connectivity index (χ0n) is 8.51. The molecule has 0 fully saturated rings. The van der Waals surface area contributed by atoms with Gasteiger partial charge in [-0.15, -0.1) is 0 Å². The number of amides is 1. The number of carbonyl (C=O) groups is 2. The quantitative estimate of drug-likeness (QED) is 0.753. The van der Waals surface area contributed by atoms with Crippen LogP contribution in [0, 0.1) is 0 Å². The molecule has 4 nitrogen and oxygen atoms in total. The van der Waals surface area contributed by atoms with Crippen LogP contribution in [0.25, 0.3) is 0 Å². The number of benzene rings is 1. The van der Waals surface area contributed by atoms with Gasteiger partial charge in [0.25, 0.3) is 0 Å². The number of carbonyl (C=O) groups excluding carboxylic acids is 1. The molecule has 15 heavy (non-hydrogen) atoms. The third-order valence-corrected chi connectivity index (χ3v) is 1.99. The van der Waals surface area contributed by atoms with E-state index in [1.54, 1.807) is 7.05 Å². The summed E-state index contributed by atoms with van der Waals surface area (Å²) in [5.74, 6) is -1.48. The number of aliphatic carboxylic acids is 1. The standard InChI is InChI=1S/C11H13NO3/c1-12(10(13)7-11(14)15)8-9-5-3-2-4-6-9/h2-6H,7-8H2,1H3,(H,14,15). The van der Waals surface area contributed by atoms with E-state index in [9.17, 15) is 9.59 Å². The molecule has 0 saturated heterocycles. The normalized spacial score (nSPS) is 9.67. The molecule has 0 radical (unpaired) electrons. The lowest BCUT2D eigenvalue weighted by atomic mass is 10.2. The lowest BCUT2D eigenvalue weighted by Crippen LogP contribution is -2.27. The summed E-state index contributed by atoms with van der Waals surface area (Å²) in [6.07, 6.45) is -0.455. The lowest BCUT2D eigenvalue weighted by molar-refractivity contribution is -0.143. The molecule has 1 aromatic carbocycles. The van der Waals surface area contributed by atoms with Crippen molar-refractivity contribution in [1.82, 2.24) is 4.90 Å². The number of carboxylic acids is 1. The molecule has 0 heterocycles. The van der Waals surface area contributed by atoms with E-state index in [0.29, 0.717) is 6.54 Å². The Morgan fingerprint density at radius 3 is 2.40 bits per heavy atom. The smallest absolute Gasteiger partial charge is 0.312 e. The highest BCUT2D eigenvalue weighted by Gasteiger charge is 2.12. The van der Waals surface area contributed by atoms with Crippen molar-refractivity contribution >= 4 is 11.9 Å². The van der Waals surface area contributed by atoms with Crippen LogP contribution in [0.5, 0.6) is 0 Å².